The third-order valence-electron chi connectivity index (χ3n) is 4.20. The van der Waals surface area contributed by atoms with Crippen molar-refractivity contribution in [1.29, 1.82) is 0 Å². The van der Waals surface area contributed by atoms with Crippen molar-refractivity contribution in [2.75, 3.05) is 6.61 Å². The first kappa shape index (κ1) is 16.8. The van der Waals surface area contributed by atoms with Crippen molar-refractivity contribution in [3.8, 4) is 23.3 Å². The molecular weight excluding hydrogens is 346 g/mol. The fraction of sp³-hybridized carbons (Fsp3) is 0.263. The zero-order valence-electron chi connectivity index (χ0n) is 14.9. The molecule has 136 valence electrons. The van der Waals surface area contributed by atoms with E-state index in [2.05, 4.69) is 27.1 Å². The number of fused-ring (bicyclic) bond motifs is 3. The smallest absolute Gasteiger partial charge is 0.269 e. The van der Waals surface area contributed by atoms with E-state index in [1.807, 2.05) is 25.1 Å². The summed E-state index contributed by atoms with van der Waals surface area (Å²) >= 11 is 0. The summed E-state index contributed by atoms with van der Waals surface area (Å²) in [6, 6.07) is 7.30. The number of primary amides is 1. The highest BCUT2D eigenvalue weighted by Gasteiger charge is 2.19. The van der Waals surface area contributed by atoms with Crippen molar-refractivity contribution >= 4 is 5.91 Å². The standard InChI is InChI=1S/C19H17N5O3/c1-11(19-21-12(2)27-23-19)3-4-13-5-6-17-16(9-13)24-14(7-8-26-17)10-15(22-24)18(20)25/h5-6,9-11H,7-8H2,1-2H3,(H2,20,25). The minimum absolute atomic E-state index is 0.167. The highest BCUT2D eigenvalue weighted by atomic mass is 16.5. The molecule has 0 fully saturated rings. The number of hydrogen-bond donors (Lipinski definition) is 1. The predicted molar refractivity (Wildman–Crippen MR) is 95.6 cm³/mol. The molecule has 1 atom stereocenters. The van der Waals surface area contributed by atoms with Crippen LogP contribution in [0.3, 0.4) is 0 Å². The lowest BCUT2D eigenvalue weighted by atomic mass is 10.1. The maximum atomic E-state index is 11.5. The molecule has 0 saturated carbocycles. The van der Waals surface area contributed by atoms with Crippen molar-refractivity contribution in [3.05, 3.63) is 52.9 Å². The van der Waals surface area contributed by atoms with E-state index < -0.39 is 5.91 Å². The Balaban J connectivity index is 1.70. The lowest BCUT2D eigenvalue weighted by Crippen LogP contribution is -2.12. The summed E-state index contributed by atoms with van der Waals surface area (Å²) in [6.45, 7) is 4.15. The Hall–Kier alpha value is -3.60. The van der Waals surface area contributed by atoms with E-state index in [4.69, 9.17) is 15.0 Å². The van der Waals surface area contributed by atoms with Gasteiger partial charge in [-0.3, -0.25) is 4.79 Å². The maximum Gasteiger partial charge on any atom is 0.269 e. The number of nitrogens with zero attached hydrogens (tertiary/aromatic N) is 4. The molecule has 2 N–H and O–H groups in total. The number of aryl methyl sites for hydroxylation is 1. The molecule has 0 radical (unpaired) electrons. The summed E-state index contributed by atoms with van der Waals surface area (Å²) in [6.07, 6.45) is 0.629. The van der Waals surface area contributed by atoms with Crippen LogP contribution in [0.25, 0.3) is 5.69 Å². The van der Waals surface area contributed by atoms with Gasteiger partial charge in [-0.15, -0.1) is 0 Å². The van der Waals surface area contributed by atoms with E-state index in [1.165, 1.54) is 0 Å². The van der Waals surface area contributed by atoms with Gasteiger partial charge in [-0.05, 0) is 31.2 Å². The lowest BCUT2D eigenvalue weighted by Gasteiger charge is -2.08. The molecule has 1 aromatic carbocycles. The summed E-state index contributed by atoms with van der Waals surface area (Å²) in [7, 11) is 0. The molecule has 0 saturated heterocycles. The first-order valence-electron chi connectivity index (χ1n) is 8.49. The molecule has 27 heavy (non-hydrogen) atoms. The van der Waals surface area contributed by atoms with Crippen LogP contribution in [0.15, 0.2) is 28.8 Å². The quantitative estimate of drug-likeness (QED) is 0.695. The Morgan fingerprint density at radius 2 is 2.22 bits per heavy atom. The molecule has 8 heteroatoms. The van der Waals surface area contributed by atoms with Gasteiger partial charge in [-0.25, -0.2) is 4.68 Å². The molecule has 1 aliphatic rings. The summed E-state index contributed by atoms with van der Waals surface area (Å²) < 4.78 is 12.5. The maximum absolute atomic E-state index is 11.5. The largest absolute Gasteiger partial charge is 0.491 e. The fourth-order valence-corrected chi connectivity index (χ4v) is 2.82. The summed E-state index contributed by atoms with van der Waals surface area (Å²) in [5.41, 5.74) is 7.97. The molecular formula is C19H17N5O3. The first-order valence-corrected chi connectivity index (χ1v) is 8.49. The molecule has 1 unspecified atom stereocenters. The Bertz CT molecular complexity index is 1090. The SMILES string of the molecule is Cc1nc(C(C)C#Cc2ccc3c(c2)-n2nc(C(N)=O)cc2CCO3)no1. The number of ether oxygens (including phenoxy) is 1. The Kier molecular flexibility index (Phi) is 4.12. The highest BCUT2D eigenvalue weighted by molar-refractivity contribution is 5.91. The minimum Gasteiger partial charge on any atom is -0.491 e. The summed E-state index contributed by atoms with van der Waals surface area (Å²) in [5, 5.41) is 8.21. The van der Waals surface area contributed by atoms with E-state index in [0.717, 1.165) is 16.9 Å². The topological polar surface area (TPSA) is 109 Å². The lowest BCUT2D eigenvalue weighted by molar-refractivity contribution is 0.0995. The molecule has 4 rings (SSSR count). The summed E-state index contributed by atoms with van der Waals surface area (Å²) in [5.74, 6) is 7.26. The van der Waals surface area contributed by atoms with Gasteiger partial charge in [0.1, 0.15) is 11.4 Å². The van der Waals surface area contributed by atoms with Crippen LogP contribution in [0.2, 0.25) is 0 Å². The molecule has 0 aliphatic carbocycles. The monoisotopic (exact) mass is 363 g/mol. The zero-order valence-corrected chi connectivity index (χ0v) is 14.9. The van der Waals surface area contributed by atoms with Crippen molar-refractivity contribution in [2.45, 2.75) is 26.2 Å². The van der Waals surface area contributed by atoms with Crippen LogP contribution in [0.5, 0.6) is 5.75 Å². The fourth-order valence-electron chi connectivity index (χ4n) is 2.82. The van der Waals surface area contributed by atoms with E-state index in [1.54, 1.807) is 17.7 Å². The van der Waals surface area contributed by atoms with Crippen LogP contribution in [-0.2, 0) is 6.42 Å². The average Bonchev–Trinajstić information content (AvgIpc) is 3.23. The van der Waals surface area contributed by atoms with Gasteiger partial charge in [0, 0.05) is 24.6 Å². The molecule has 1 aliphatic heterocycles. The van der Waals surface area contributed by atoms with Gasteiger partial charge < -0.3 is 15.0 Å². The molecule has 3 aromatic rings. The number of carbonyl (C=O) groups is 1. The van der Waals surface area contributed by atoms with Crippen LogP contribution in [0, 0.1) is 18.8 Å². The van der Waals surface area contributed by atoms with E-state index in [9.17, 15) is 4.79 Å². The van der Waals surface area contributed by atoms with E-state index in [0.29, 0.717) is 30.5 Å². The zero-order chi connectivity index (χ0) is 19.0. The number of aromatic nitrogens is 4. The van der Waals surface area contributed by atoms with Crippen molar-refractivity contribution in [2.24, 2.45) is 5.73 Å². The number of rotatable bonds is 2. The van der Waals surface area contributed by atoms with Crippen LogP contribution in [0.4, 0.5) is 0 Å². The molecule has 2 aromatic heterocycles. The van der Waals surface area contributed by atoms with Gasteiger partial charge in [0.05, 0.1) is 12.5 Å². The van der Waals surface area contributed by atoms with Gasteiger partial charge in [0.25, 0.3) is 5.91 Å². The Labute approximate surface area is 155 Å². The van der Waals surface area contributed by atoms with Gasteiger partial charge >= 0.3 is 0 Å². The molecule has 0 bridgehead atoms. The predicted octanol–water partition coefficient (Wildman–Crippen LogP) is 1.75. The van der Waals surface area contributed by atoms with Crippen LogP contribution in [0.1, 0.15) is 46.3 Å². The number of amides is 1. The number of nitrogens with two attached hydrogens (primary N) is 1. The van der Waals surface area contributed by atoms with Gasteiger partial charge in [-0.1, -0.05) is 17.0 Å². The van der Waals surface area contributed by atoms with Crippen LogP contribution < -0.4 is 10.5 Å². The Morgan fingerprint density at radius 1 is 1.37 bits per heavy atom. The average molecular weight is 363 g/mol. The highest BCUT2D eigenvalue weighted by Crippen LogP contribution is 2.28. The third kappa shape index (κ3) is 3.27. The summed E-state index contributed by atoms with van der Waals surface area (Å²) in [4.78, 5) is 15.7. The van der Waals surface area contributed by atoms with Gasteiger partial charge in [0.2, 0.25) is 5.89 Å². The number of benzene rings is 1. The molecule has 8 nitrogen and oxygen atoms in total. The third-order valence-corrected chi connectivity index (χ3v) is 4.20. The number of carbonyl (C=O) groups excluding carboxylic acids is 1. The van der Waals surface area contributed by atoms with Crippen molar-refractivity contribution in [1.82, 2.24) is 19.9 Å². The molecule has 0 spiro atoms. The van der Waals surface area contributed by atoms with Gasteiger partial charge in [-0.2, -0.15) is 10.1 Å². The molecule has 1 amide bonds. The van der Waals surface area contributed by atoms with E-state index >= 15 is 0 Å². The second kappa shape index (κ2) is 6.61. The minimum atomic E-state index is -0.557. The van der Waals surface area contributed by atoms with Gasteiger partial charge in [0.15, 0.2) is 11.5 Å². The van der Waals surface area contributed by atoms with Crippen molar-refractivity contribution < 1.29 is 14.1 Å². The van der Waals surface area contributed by atoms with Crippen LogP contribution >= 0.6 is 0 Å². The molecule has 3 heterocycles. The second-order valence-corrected chi connectivity index (χ2v) is 6.24. The van der Waals surface area contributed by atoms with Crippen LogP contribution in [-0.4, -0.2) is 32.4 Å². The van der Waals surface area contributed by atoms with Crippen molar-refractivity contribution in [3.63, 3.8) is 0 Å². The normalized spacial score (nSPS) is 13.4. The number of hydrogen-bond acceptors (Lipinski definition) is 6. The first-order chi connectivity index (χ1) is 13.0. The van der Waals surface area contributed by atoms with E-state index in [-0.39, 0.29) is 11.6 Å². The second-order valence-electron chi connectivity index (χ2n) is 6.24. The Morgan fingerprint density at radius 3 is 2.96 bits per heavy atom.